The Kier molecular flexibility index (Phi) is 16.4. The quantitative estimate of drug-likeness (QED) is 0.0740. The van der Waals surface area contributed by atoms with Crippen molar-refractivity contribution in [3.05, 3.63) is 21.8 Å². The molecular formula is C22H30I3N3O11. The Balaban J connectivity index is 3.37. The first-order valence-corrected chi connectivity index (χ1v) is 14.6. The Morgan fingerprint density at radius 2 is 1.15 bits per heavy atom. The van der Waals surface area contributed by atoms with Crippen molar-refractivity contribution in [1.82, 2.24) is 10.6 Å². The van der Waals surface area contributed by atoms with E-state index in [1.807, 2.05) is 0 Å². The summed E-state index contributed by atoms with van der Waals surface area (Å²) in [4.78, 5) is 49.8. The molecule has 0 fully saturated rings. The maximum absolute atomic E-state index is 13.2. The standard InChI is InChI=1S/C22H30I3N3O11/c1-9(31)39-8-14(36)28-20-18(24)15(21(37)26-4-10(32)2-12(34)6-29)17(23)16(19(20)25)22(38)27-5-11(33)3-13(35)7-30/h10-13,29-30,32-35H,2-8H2,1H3,(H,26,37)(H,27,38)(H,28,36). The van der Waals surface area contributed by atoms with Gasteiger partial charge in [-0.2, -0.15) is 0 Å². The van der Waals surface area contributed by atoms with E-state index in [4.69, 9.17) is 14.9 Å². The molecule has 0 aliphatic heterocycles. The number of amides is 3. The Hall–Kier alpha value is -0.950. The summed E-state index contributed by atoms with van der Waals surface area (Å²) in [5, 5.41) is 64.5. The molecule has 14 nitrogen and oxygen atoms in total. The van der Waals surface area contributed by atoms with E-state index in [1.54, 1.807) is 67.8 Å². The molecule has 0 saturated heterocycles. The van der Waals surface area contributed by atoms with Crippen LogP contribution in [0.5, 0.6) is 0 Å². The van der Waals surface area contributed by atoms with Crippen LogP contribution in [-0.2, 0) is 14.3 Å². The van der Waals surface area contributed by atoms with E-state index in [0.717, 1.165) is 6.92 Å². The zero-order chi connectivity index (χ0) is 29.9. The lowest BCUT2D eigenvalue weighted by Crippen LogP contribution is -2.37. The summed E-state index contributed by atoms with van der Waals surface area (Å²) in [5.41, 5.74) is 0.0444. The third-order valence-electron chi connectivity index (χ3n) is 4.95. The van der Waals surface area contributed by atoms with Crippen molar-refractivity contribution in [1.29, 1.82) is 0 Å². The number of nitrogens with one attached hydrogen (secondary N) is 3. The topological polar surface area (TPSA) is 235 Å². The number of anilines is 1. The maximum Gasteiger partial charge on any atom is 0.303 e. The number of hydrogen-bond acceptors (Lipinski definition) is 11. The van der Waals surface area contributed by atoms with Gasteiger partial charge < -0.3 is 51.3 Å². The number of benzene rings is 1. The molecule has 0 spiro atoms. The van der Waals surface area contributed by atoms with Crippen molar-refractivity contribution >= 4 is 97.2 Å². The fourth-order valence-corrected chi connectivity index (χ4v) is 7.47. The van der Waals surface area contributed by atoms with Gasteiger partial charge in [-0.25, -0.2) is 0 Å². The van der Waals surface area contributed by atoms with E-state index in [0.29, 0.717) is 0 Å². The molecule has 3 amide bonds. The molecule has 4 unspecified atom stereocenters. The molecule has 0 saturated carbocycles. The van der Waals surface area contributed by atoms with E-state index >= 15 is 0 Å². The molecule has 1 rings (SSSR count). The lowest BCUT2D eigenvalue weighted by Gasteiger charge is -2.21. The number of ether oxygens (including phenoxy) is 1. The second-order valence-electron chi connectivity index (χ2n) is 8.27. The number of aliphatic hydroxyl groups is 6. The van der Waals surface area contributed by atoms with Crippen LogP contribution in [0.4, 0.5) is 5.69 Å². The molecule has 9 N–H and O–H groups in total. The Labute approximate surface area is 264 Å². The number of rotatable bonds is 15. The fourth-order valence-electron chi connectivity index (χ4n) is 3.06. The average molecular weight is 893 g/mol. The number of esters is 1. The van der Waals surface area contributed by atoms with Crippen LogP contribution in [0, 0.1) is 10.7 Å². The molecule has 1 aromatic carbocycles. The van der Waals surface area contributed by atoms with Gasteiger partial charge in [-0.05, 0) is 67.8 Å². The molecule has 4 atom stereocenters. The third-order valence-corrected chi connectivity index (χ3v) is 8.18. The van der Waals surface area contributed by atoms with Gasteiger partial charge >= 0.3 is 5.97 Å². The van der Waals surface area contributed by atoms with Crippen LogP contribution in [0.2, 0.25) is 0 Å². The van der Waals surface area contributed by atoms with Gasteiger partial charge in [-0.15, -0.1) is 0 Å². The summed E-state index contributed by atoms with van der Waals surface area (Å²) in [5.74, 6) is -2.85. The highest BCUT2D eigenvalue weighted by Crippen LogP contribution is 2.36. The number of halogens is 3. The largest absolute Gasteiger partial charge is 0.456 e. The molecule has 1 aromatic rings. The molecule has 17 heteroatoms. The first-order chi connectivity index (χ1) is 18.2. The zero-order valence-electron chi connectivity index (χ0n) is 20.6. The van der Waals surface area contributed by atoms with Gasteiger partial charge in [0.1, 0.15) is 0 Å². The van der Waals surface area contributed by atoms with Crippen LogP contribution in [0.15, 0.2) is 0 Å². The van der Waals surface area contributed by atoms with E-state index in [9.17, 15) is 39.6 Å². The highest BCUT2D eigenvalue weighted by molar-refractivity contribution is 14.1. The fraction of sp³-hybridized carbons (Fsp3) is 0.545. The average Bonchev–Trinajstić information content (AvgIpc) is 2.87. The van der Waals surface area contributed by atoms with Gasteiger partial charge in [0.2, 0.25) is 0 Å². The summed E-state index contributed by atoms with van der Waals surface area (Å²) in [6.45, 7) is -1.21. The molecule has 0 aliphatic carbocycles. The number of carbonyl (C=O) groups is 4. The van der Waals surface area contributed by atoms with Crippen LogP contribution >= 0.6 is 67.8 Å². The molecule has 0 radical (unpaired) electrons. The van der Waals surface area contributed by atoms with Crippen molar-refractivity contribution in [3.8, 4) is 0 Å². The summed E-state index contributed by atoms with van der Waals surface area (Å²) >= 11 is 5.39. The molecule has 220 valence electrons. The highest BCUT2D eigenvalue weighted by Gasteiger charge is 2.29. The van der Waals surface area contributed by atoms with Crippen LogP contribution in [0.3, 0.4) is 0 Å². The van der Waals surface area contributed by atoms with Crippen LogP contribution in [0.1, 0.15) is 40.5 Å². The molecule has 0 heterocycles. The molecule has 0 bridgehead atoms. The van der Waals surface area contributed by atoms with Gasteiger partial charge in [-0.3, -0.25) is 19.2 Å². The van der Waals surface area contributed by atoms with Gasteiger partial charge in [-0.1, -0.05) is 0 Å². The van der Waals surface area contributed by atoms with Crippen molar-refractivity contribution in [2.75, 3.05) is 38.2 Å². The second kappa shape index (κ2) is 17.8. The predicted octanol–water partition coefficient (Wildman–Crippen LogP) is -1.33. The first kappa shape index (κ1) is 36.1. The van der Waals surface area contributed by atoms with Gasteiger partial charge in [0.15, 0.2) is 6.61 Å². The Morgan fingerprint density at radius 3 is 1.51 bits per heavy atom. The number of carbonyl (C=O) groups excluding carboxylic acids is 4. The lowest BCUT2D eigenvalue weighted by atomic mass is 10.1. The van der Waals surface area contributed by atoms with Crippen molar-refractivity contribution in [3.63, 3.8) is 0 Å². The lowest BCUT2D eigenvalue weighted by molar-refractivity contribution is -0.144. The van der Waals surface area contributed by atoms with Crippen LogP contribution in [0.25, 0.3) is 0 Å². The van der Waals surface area contributed by atoms with Crippen molar-refractivity contribution in [2.45, 2.75) is 44.2 Å². The monoisotopic (exact) mass is 893 g/mol. The maximum atomic E-state index is 13.2. The molecule has 0 aromatic heterocycles. The minimum absolute atomic E-state index is 0.0179. The van der Waals surface area contributed by atoms with Crippen molar-refractivity contribution in [2.24, 2.45) is 0 Å². The summed E-state index contributed by atoms with van der Waals surface area (Å²) in [6, 6.07) is 0. The third kappa shape index (κ3) is 11.8. The van der Waals surface area contributed by atoms with Gasteiger partial charge in [0.25, 0.3) is 17.7 Å². The van der Waals surface area contributed by atoms with E-state index in [1.165, 1.54) is 0 Å². The predicted molar refractivity (Wildman–Crippen MR) is 162 cm³/mol. The number of hydrogen-bond donors (Lipinski definition) is 9. The highest BCUT2D eigenvalue weighted by atomic mass is 127. The minimum atomic E-state index is -1.18. The van der Waals surface area contributed by atoms with Crippen LogP contribution < -0.4 is 16.0 Å². The molecule has 39 heavy (non-hydrogen) atoms. The smallest absolute Gasteiger partial charge is 0.303 e. The van der Waals surface area contributed by atoms with Crippen molar-refractivity contribution < 1.29 is 54.6 Å². The molecular weight excluding hydrogens is 863 g/mol. The van der Waals surface area contributed by atoms with E-state index in [2.05, 4.69) is 16.0 Å². The molecule has 0 aliphatic rings. The number of aliphatic hydroxyl groups excluding tert-OH is 6. The SMILES string of the molecule is CC(=O)OCC(=O)Nc1c(I)c(C(=O)NCC(O)CC(O)CO)c(I)c(C(=O)NCC(O)CC(O)CO)c1I. The van der Waals surface area contributed by atoms with E-state index in [-0.39, 0.29) is 53.5 Å². The zero-order valence-corrected chi connectivity index (χ0v) is 27.1. The Morgan fingerprint density at radius 1 is 0.744 bits per heavy atom. The van der Waals surface area contributed by atoms with Crippen LogP contribution in [-0.4, -0.2) is 112 Å². The first-order valence-electron chi connectivity index (χ1n) is 11.4. The van der Waals surface area contributed by atoms with E-state index < -0.39 is 67.9 Å². The minimum Gasteiger partial charge on any atom is -0.456 e. The second-order valence-corrected chi connectivity index (χ2v) is 11.5. The van der Waals surface area contributed by atoms with Gasteiger partial charge in [0.05, 0.1) is 61.6 Å². The Bertz CT molecular complexity index is 983. The van der Waals surface area contributed by atoms with Gasteiger partial charge in [0, 0.05) is 36.4 Å². The summed E-state index contributed by atoms with van der Waals surface area (Å²) in [7, 11) is 0. The summed E-state index contributed by atoms with van der Waals surface area (Å²) in [6.07, 6.45) is -5.13. The summed E-state index contributed by atoms with van der Waals surface area (Å²) < 4.78 is 5.36. The normalized spacial score (nSPS) is 14.1.